The topological polar surface area (TPSA) is 0 Å². The Morgan fingerprint density at radius 3 is 2.47 bits per heavy atom. The van der Waals surface area contributed by atoms with Gasteiger partial charge in [0.05, 0.1) is 11.9 Å². The maximum atomic E-state index is 8.05. The van der Waals surface area contributed by atoms with Gasteiger partial charge in [0.25, 0.3) is 0 Å². The fourth-order valence-corrected chi connectivity index (χ4v) is 2.14. The lowest BCUT2D eigenvalue weighted by Crippen LogP contribution is -1.81. The zero-order chi connectivity index (χ0) is 16.0. The quantitative estimate of drug-likeness (QED) is 0.554. The fourth-order valence-electron chi connectivity index (χ4n) is 1.81. The SMILES string of the molecule is [2H]c1c([2H])c([2H])c(-c2ccc3ccccc3c2Cl)c([2H])c1[2H]. The van der Waals surface area contributed by atoms with Gasteiger partial charge >= 0.3 is 0 Å². The van der Waals surface area contributed by atoms with Crippen LogP contribution >= 0.6 is 11.6 Å². The second kappa shape index (κ2) is 4.23. The molecule has 0 saturated carbocycles. The maximum absolute atomic E-state index is 8.05. The Balaban J connectivity index is 2.40. The predicted molar refractivity (Wildman–Crippen MR) is 74.4 cm³/mol. The molecule has 0 atom stereocenters. The number of hydrogen-bond acceptors (Lipinski definition) is 0. The van der Waals surface area contributed by atoms with Crippen molar-refractivity contribution < 1.29 is 6.85 Å². The van der Waals surface area contributed by atoms with Crippen molar-refractivity contribution in [3.8, 4) is 11.1 Å². The molecule has 0 aliphatic carbocycles. The van der Waals surface area contributed by atoms with Crippen molar-refractivity contribution in [2.45, 2.75) is 0 Å². The normalized spacial score (nSPS) is 14.8. The average Bonchev–Trinajstić information content (AvgIpc) is 2.53. The summed E-state index contributed by atoms with van der Waals surface area (Å²) in [6, 6.07) is 9.39. The second-order valence-corrected chi connectivity index (χ2v) is 4.03. The summed E-state index contributed by atoms with van der Waals surface area (Å²) in [5, 5.41) is 2.11. The van der Waals surface area contributed by atoms with Gasteiger partial charge in [0.1, 0.15) is 0 Å². The predicted octanol–water partition coefficient (Wildman–Crippen LogP) is 5.16. The van der Waals surface area contributed by atoms with Crippen LogP contribution in [0.4, 0.5) is 0 Å². The summed E-state index contributed by atoms with van der Waals surface area (Å²) in [5.41, 5.74) is 0.569. The molecule has 0 heterocycles. The standard InChI is InChI=1S/C16H11Cl/c17-16-14-9-5-4-8-13(14)10-11-15(16)12-6-2-1-3-7-12/h1-11H/i1D,2D,3D,6D,7D. The van der Waals surface area contributed by atoms with E-state index in [4.69, 9.17) is 18.5 Å². The largest absolute Gasteiger partial charge is 0.0830 e. The zero-order valence-corrected chi connectivity index (χ0v) is 9.60. The Morgan fingerprint density at radius 1 is 0.882 bits per heavy atom. The molecule has 0 spiro atoms. The molecule has 3 aromatic carbocycles. The number of hydrogen-bond donors (Lipinski definition) is 0. The van der Waals surface area contributed by atoms with E-state index in [1.807, 2.05) is 30.3 Å². The lowest BCUT2D eigenvalue weighted by molar-refractivity contribution is 1.64. The molecule has 3 rings (SSSR count). The summed E-state index contributed by atoms with van der Waals surface area (Å²) in [7, 11) is 0. The van der Waals surface area contributed by atoms with E-state index in [0.29, 0.717) is 10.6 Å². The number of rotatable bonds is 1. The van der Waals surface area contributed by atoms with Gasteiger partial charge in [-0.25, -0.2) is 0 Å². The van der Waals surface area contributed by atoms with Crippen molar-refractivity contribution >= 4 is 22.4 Å². The summed E-state index contributed by atoms with van der Waals surface area (Å²) in [6.07, 6.45) is 0. The van der Waals surface area contributed by atoms with Crippen LogP contribution in [0.3, 0.4) is 0 Å². The van der Waals surface area contributed by atoms with Crippen molar-refractivity contribution in [1.29, 1.82) is 0 Å². The monoisotopic (exact) mass is 243 g/mol. The zero-order valence-electron chi connectivity index (χ0n) is 13.8. The van der Waals surface area contributed by atoms with Crippen molar-refractivity contribution in [3.63, 3.8) is 0 Å². The second-order valence-electron chi connectivity index (χ2n) is 3.65. The van der Waals surface area contributed by atoms with Gasteiger partial charge in [-0.15, -0.1) is 0 Å². The van der Waals surface area contributed by atoms with Crippen LogP contribution in [-0.4, -0.2) is 0 Å². The van der Waals surface area contributed by atoms with E-state index < -0.39 is 6.04 Å². The number of fused-ring (bicyclic) bond motifs is 1. The average molecular weight is 244 g/mol. The van der Waals surface area contributed by atoms with E-state index in [2.05, 4.69) is 0 Å². The first-order chi connectivity index (χ1) is 10.4. The van der Waals surface area contributed by atoms with Gasteiger partial charge in [-0.05, 0) is 10.9 Å². The van der Waals surface area contributed by atoms with Crippen LogP contribution in [0.25, 0.3) is 21.9 Å². The summed E-state index contributed by atoms with van der Waals surface area (Å²) >= 11 is 6.43. The first-order valence-electron chi connectivity index (χ1n) is 7.68. The van der Waals surface area contributed by atoms with Crippen molar-refractivity contribution in [1.82, 2.24) is 0 Å². The molecule has 0 nitrogen and oxygen atoms in total. The highest BCUT2D eigenvalue weighted by Crippen LogP contribution is 2.33. The van der Waals surface area contributed by atoms with Gasteiger partial charge in [0, 0.05) is 10.9 Å². The first kappa shape index (κ1) is 6.23. The molecule has 3 aromatic rings. The van der Waals surface area contributed by atoms with E-state index in [-0.39, 0.29) is 29.7 Å². The van der Waals surface area contributed by atoms with Gasteiger partial charge in [0.15, 0.2) is 0 Å². The smallest absolute Gasteiger partial charge is 0.0629 e. The number of halogens is 1. The Bertz CT molecular complexity index is 876. The van der Waals surface area contributed by atoms with E-state index in [1.165, 1.54) is 0 Å². The minimum atomic E-state index is -0.407. The van der Waals surface area contributed by atoms with Crippen molar-refractivity contribution in [2.24, 2.45) is 0 Å². The summed E-state index contributed by atoms with van der Waals surface area (Å²) in [4.78, 5) is 0. The lowest BCUT2D eigenvalue weighted by Gasteiger charge is -2.07. The molecule has 0 aliphatic heterocycles. The van der Waals surface area contributed by atoms with Crippen molar-refractivity contribution in [2.75, 3.05) is 0 Å². The molecule has 0 aromatic heterocycles. The molecular weight excluding hydrogens is 228 g/mol. The van der Waals surface area contributed by atoms with Gasteiger partial charge in [0.2, 0.25) is 0 Å². The van der Waals surface area contributed by atoms with Crippen LogP contribution in [0.5, 0.6) is 0 Å². The van der Waals surface area contributed by atoms with Crippen LogP contribution in [-0.2, 0) is 0 Å². The van der Waals surface area contributed by atoms with Crippen LogP contribution in [0, 0.1) is 0 Å². The van der Waals surface area contributed by atoms with Crippen LogP contribution < -0.4 is 0 Å². The molecule has 0 saturated heterocycles. The molecule has 0 bridgehead atoms. The van der Waals surface area contributed by atoms with Crippen LogP contribution in [0.2, 0.25) is 5.02 Å². The molecule has 0 amide bonds. The van der Waals surface area contributed by atoms with E-state index in [9.17, 15) is 0 Å². The third-order valence-electron chi connectivity index (χ3n) is 2.63. The molecule has 0 fully saturated rings. The highest BCUT2D eigenvalue weighted by Gasteiger charge is 2.06. The summed E-state index contributed by atoms with van der Waals surface area (Å²) < 4.78 is 39.3. The lowest BCUT2D eigenvalue weighted by atomic mass is 10.0. The molecule has 0 radical (unpaired) electrons. The molecule has 17 heavy (non-hydrogen) atoms. The molecule has 1 heteroatoms. The maximum Gasteiger partial charge on any atom is 0.0629 e. The molecular formula is C16H11Cl. The first-order valence-corrected chi connectivity index (χ1v) is 5.55. The van der Waals surface area contributed by atoms with Crippen LogP contribution in [0.15, 0.2) is 66.6 Å². The minimum Gasteiger partial charge on any atom is -0.0830 e. The van der Waals surface area contributed by atoms with Crippen molar-refractivity contribution in [3.05, 3.63) is 71.6 Å². The number of benzene rings is 3. The van der Waals surface area contributed by atoms with Gasteiger partial charge in [-0.3, -0.25) is 0 Å². The van der Waals surface area contributed by atoms with Gasteiger partial charge < -0.3 is 0 Å². The molecule has 82 valence electrons. The van der Waals surface area contributed by atoms with Gasteiger partial charge in [-0.1, -0.05) is 78.2 Å². The Morgan fingerprint density at radius 2 is 1.65 bits per heavy atom. The summed E-state index contributed by atoms with van der Waals surface area (Å²) in [6.45, 7) is 0. The van der Waals surface area contributed by atoms with Gasteiger partial charge in [-0.2, -0.15) is 0 Å². The Hall–Kier alpha value is -1.79. The van der Waals surface area contributed by atoms with E-state index >= 15 is 0 Å². The third kappa shape index (κ3) is 1.81. The third-order valence-corrected chi connectivity index (χ3v) is 3.04. The minimum absolute atomic E-state index is 0.127. The highest BCUT2D eigenvalue weighted by molar-refractivity contribution is 6.38. The Kier molecular flexibility index (Phi) is 1.55. The van der Waals surface area contributed by atoms with E-state index in [1.54, 1.807) is 6.07 Å². The van der Waals surface area contributed by atoms with Crippen LogP contribution in [0.1, 0.15) is 6.85 Å². The molecule has 0 N–H and O–H groups in total. The van der Waals surface area contributed by atoms with E-state index in [0.717, 1.165) is 10.8 Å². The molecule has 0 aliphatic rings. The fraction of sp³-hybridized carbons (Fsp3) is 0. The highest BCUT2D eigenvalue weighted by atomic mass is 35.5. The summed E-state index contributed by atoms with van der Waals surface area (Å²) in [5.74, 6) is 0. The molecule has 0 unspecified atom stereocenters. The Labute approximate surface area is 112 Å².